The summed E-state index contributed by atoms with van der Waals surface area (Å²) < 4.78 is 38.2. The molecule has 2 heterocycles. The Hall–Kier alpha value is -1.64. The van der Waals surface area contributed by atoms with E-state index in [0.29, 0.717) is 31.3 Å². The lowest BCUT2D eigenvalue weighted by molar-refractivity contribution is -0.128. The minimum Gasteiger partial charge on any atom is -0.480 e. The smallest absolute Gasteiger partial charge is 0.261 e. The zero-order valence-electron chi connectivity index (χ0n) is 16.8. The number of hydrogen-bond donors (Lipinski definition) is 1. The predicted molar refractivity (Wildman–Crippen MR) is 106 cm³/mol. The number of sulfonamides is 1. The van der Waals surface area contributed by atoms with Crippen molar-refractivity contribution in [2.45, 2.75) is 50.5 Å². The van der Waals surface area contributed by atoms with E-state index in [4.69, 9.17) is 9.47 Å². The highest BCUT2D eigenvalue weighted by atomic mass is 32.2. The SMILES string of the molecule is CCN(CC)S(=O)(=O)c1ccc2c(c1)C(C)C(C(=O)NCC1CCOCC1)O2. The van der Waals surface area contributed by atoms with E-state index in [1.807, 2.05) is 20.8 Å². The molecule has 0 saturated carbocycles. The Balaban J connectivity index is 1.70. The van der Waals surface area contributed by atoms with Gasteiger partial charge in [-0.15, -0.1) is 0 Å². The molecule has 2 aliphatic rings. The van der Waals surface area contributed by atoms with Crippen LogP contribution in [0.4, 0.5) is 0 Å². The molecule has 156 valence electrons. The fourth-order valence-electron chi connectivity index (χ4n) is 3.84. The van der Waals surface area contributed by atoms with Crippen LogP contribution in [0.1, 0.15) is 45.1 Å². The summed E-state index contributed by atoms with van der Waals surface area (Å²) >= 11 is 0. The van der Waals surface area contributed by atoms with Gasteiger partial charge in [-0.3, -0.25) is 4.79 Å². The zero-order chi connectivity index (χ0) is 20.3. The summed E-state index contributed by atoms with van der Waals surface area (Å²) in [7, 11) is -3.54. The molecule has 0 spiro atoms. The molecule has 3 rings (SSSR count). The van der Waals surface area contributed by atoms with Gasteiger partial charge in [-0.25, -0.2) is 8.42 Å². The molecule has 0 aromatic heterocycles. The van der Waals surface area contributed by atoms with Crippen LogP contribution in [-0.2, 0) is 19.6 Å². The molecule has 8 heteroatoms. The van der Waals surface area contributed by atoms with Gasteiger partial charge in [0.25, 0.3) is 5.91 Å². The first-order valence-corrected chi connectivity index (χ1v) is 11.5. The molecule has 2 atom stereocenters. The van der Waals surface area contributed by atoms with Crippen LogP contribution in [0.2, 0.25) is 0 Å². The third-order valence-electron chi connectivity index (χ3n) is 5.69. The number of carbonyl (C=O) groups excluding carboxylic acids is 1. The average molecular weight is 411 g/mol. The van der Waals surface area contributed by atoms with Crippen LogP contribution >= 0.6 is 0 Å². The standard InChI is InChI=1S/C20H30N2O5S/c1-4-22(5-2)28(24,25)16-6-7-18-17(12-16)14(3)19(27-18)20(23)21-13-15-8-10-26-11-9-15/h6-7,12,14-15,19H,4-5,8-11,13H2,1-3H3,(H,21,23). The van der Waals surface area contributed by atoms with Gasteiger partial charge in [0.05, 0.1) is 4.90 Å². The van der Waals surface area contributed by atoms with Crippen LogP contribution < -0.4 is 10.1 Å². The molecule has 1 amide bonds. The summed E-state index contributed by atoms with van der Waals surface area (Å²) in [6.07, 6.45) is 1.27. The van der Waals surface area contributed by atoms with E-state index in [9.17, 15) is 13.2 Å². The Labute approximate surface area is 167 Å². The van der Waals surface area contributed by atoms with Gasteiger partial charge in [0.1, 0.15) is 5.75 Å². The van der Waals surface area contributed by atoms with E-state index in [2.05, 4.69) is 5.32 Å². The lowest BCUT2D eigenvalue weighted by Crippen LogP contribution is -2.41. The first-order chi connectivity index (χ1) is 13.4. The average Bonchev–Trinajstić information content (AvgIpc) is 3.04. The lowest BCUT2D eigenvalue weighted by Gasteiger charge is -2.23. The topological polar surface area (TPSA) is 84.9 Å². The van der Waals surface area contributed by atoms with Crippen LogP contribution in [-0.4, -0.2) is 57.6 Å². The van der Waals surface area contributed by atoms with Crippen molar-refractivity contribution in [1.82, 2.24) is 9.62 Å². The summed E-state index contributed by atoms with van der Waals surface area (Å²) in [4.78, 5) is 12.9. The Kier molecular flexibility index (Phi) is 6.62. The first kappa shape index (κ1) is 21.1. The number of hydrogen-bond acceptors (Lipinski definition) is 5. The fourth-order valence-corrected chi connectivity index (χ4v) is 5.34. The molecule has 1 saturated heterocycles. The number of amides is 1. The first-order valence-electron chi connectivity index (χ1n) is 10.0. The quantitative estimate of drug-likeness (QED) is 0.744. The van der Waals surface area contributed by atoms with Gasteiger partial charge in [-0.05, 0) is 37.0 Å². The molecule has 0 aliphatic carbocycles. The van der Waals surface area contributed by atoms with Gasteiger partial charge >= 0.3 is 0 Å². The molecule has 0 bridgehead atoms. The van der Waals surface area contributed by atoms with Gasteiger partial charge in [0.15, 0.2) is 6.10 Å². The van der Waals surface area contributed by atoms with Crippen molar-refractivity contribution in [2.75, 3.05) is 32.8 Å². The molecule has 2 unspecified atom stereocenters. The predicted octanol–water partition coefficient (Wildman–Crippen LogP) is 2.12. The highest BCUT2D eigenvalue weighted by Gasteiger charge is 2.37. The minimum atomic E-state index is -3.54. The Morgan fingerprint density at radius 1 is 1.21 bits per heavy atom. The Morgan fingerprint density at radius 2 is 1.89 bits per heavy atom. The van der Waals surface area contributed by atoms with E-state index < -0.39 is 16.1 Å². The van der Waals surface area contributed by atoms with Crippen LogP contribution in [0.15, 0.2) is 23.1 Å². The molecule has 1 N–H and O–H groups in total. The maximum absolute atomic E-state index is 12.8. The van der Waals surface area contributed by atoms with Crippen LogP contribution in [0, 0.1) is 5.92 Å². The third kappa shape index (κ3) is 4.18. The van der Waals surface area contributed by atoms with E-state index in [1.165, 1.54) is 4.31 Å². The summed E-state index contributed by atoms with van der Waals surface area (Å²) in [5.74, 6) is 0.652. The summed E-state index contributed by atoms with van der Waals surface area (Å²) in [5, 5.41) is 2.99. The molecule has 1 fully saturated rings. The second-order valence-corrected chi connectivity index (χ2v) is 9.35. The monoisotopic (exact) mass is 410 g/mol. The van der Waals surface area contributed by atoms with Gasteiger partial charge in [-0.1, -0.05) is 20.8 Å². The van der Waals surface area contributed by atoms with Gasteiger partial charge in [0.2, 0.25) is 10.0 Å². The Morgan fingerprint density at radius 3 is 2.54 bits per heavy atom. The Bertz CT molecular complexity index is 801. The fraction of sp³-hybridized carbons (Fsp3) is 0.650. The van der Waals surface area contributed by atoms with Crippen molar-refractivity contribution in [2.24, 2.45) is 5.92 Å². The minimum absolute atomic E-state index is 0.150. The van der Waals surface area contributed by atoms with E-state index in [1.54, 1.807) is 18.2 Å². The summed E-state index contributed by atoms with van der Waals surface area (Å²) in [6.45, 7) is 8.47. The second kappa shape index (κ2) is 8.80. The van der Waals surface area contributed by atoms with Crippen molar-refractivity contribution in [3.8, 4) is 5.75 Å². The van der Waals surface area contributed by atoms with E-state index >= 15 is 0 Å². The van der Waals surface area contributed by atoms with Crippen molar-refractivity contribution in [1.29, 1.82) is 0 Å². The van der Waals surface area contributed by atoms with Gasteiger partial charge in [0, 0.05) is 44.3 Å². The number of benzene rings is 1. The van der Waals surface area contributed by atoms with Crippen LogP contribution in [0.5, 0.6) is 5.75 Å². The van der Waals surface area contributed by atoms with Gasteiger partial charge < -0.3 is 14.8 Å². The summed E-state index contributed by atoms with van der Waals surface area (Å²) in [5.41, 5.74) is 0.763. The van der Waals surface area contributed by atoms with Crippen molar-refractivity contribution in [3.05, 3.63) is 23.8 Å². The van der Waals surface area contributed by atoms with Crippen molar-refractivity contribution < 1.29 is 22.7 Å². The van der Waals surface area contributed by atoms with Crippen molar-refractivity contribution in [3.63, 3.8) is 0 Å². The molecular weight excluding hydrogens is 380 g/mol. The van der Waals surface area contributed by atoms with Crippen LogP contribution in [0.3, 0.4) is 0 Å². The number of rotatable bonds is 7. The highest BCUT2D eigenvalue weighted by molar-refractivity contribution is 7.89. The summed E-state index contributed by atoms with van der Waals surface area (Å²) in [6, 6.07) is 4.87. The van der Waals surface area contributed by atoms with E-state index in [0.717, 1.165) is 31.6 Å². The number of ether oxygens (including phenoxy) is 2. The number of carbonyl (C=O) groups is 1. The number of nitrogens with zero attached hydrogens (tertiary/aromatic N) is 1. The largest absolute Gasteiger partial charge is 0.480 e. The zero-order valence-corrected chi connectivity index (χ0v) is 17.6. The molecule has 0 radical (unpaired) electrons. The molecule has 2 aliphatic heterocycles. The lowest BCUT2D eigenvalue weighted by atomic mass is 9.96. The third-order valence-corrected chi connectivity index (χ3v) is 7.73. The number of fused-ring (bicyclic) bond motifs is 1. The van der Waals surface area contributed by atoms with E-state index in [-0.39, 0.29) is 16.7 Å². The molecule has 7 nitrogen and oxygen atoms in total. The molecule has 28 heavy (non-hydrogen) atoms. The highest BCUT2D eigenvalue weighted by Crippen LogP contribution is 2.39. The maximum atomic E-state index is 12.8. The van der Waals surface area contributed by atoms with Gasteiger partial charge in [-0.2, -0.15) is 4.31 Å². The molecule has 1 aromatic rings. The molecule has 1 aromatic carbocycles. The molecular formula is C20H30N2O5S. The second-order valence-electron chi connectivity index (χ2n) is 7.42. The van der Waals surface area contributed by atoms with Crippen LogP contribution in [0.25, 0.3) is 0 Å². The number of nitrogens with one attached hydrogen (secondary N) is 1. The van der Waals surface area contributed by atoms with Crippen molar-refractivity contribution >= 4 is 15.9 Å². The maximum Gasteiger partial charge on any atom is 0.261 e. The normalized spacial score (nSPS) is 22.7.